The summed E-state index contributed by atoms with van der Waals surface area (Å²) in [5.74, 6) is 0. The first-order valence-electron chi connectivity index (χ1n) is 3.93. The van der Waals surface area contributed by atoms with E-state index in [4.69, 9.17) is 0 Å². The molecule has 0 spiro atoms. The fourth-order valence-electron chi connectivity index (χ4n) is 1.08. The quantitative estimate of drug-likeness (QED) is 0.754. The van der Waals surface area contributed by atoms with Gasteiger partial charge in [0.25, 0.3) is 0 Å². The minimum absolute atomic E-state index is 0.261. The highest BCUT2D eigenvalue weighted by molar-refractivity contribution is 9.10. The normalized spacial score (nSPS) is 10.4. The molecule has 0 saturated heterocycles. The van der Waals surface area contributed by atoms with Crippen LogP contribution in [0.25, 0.3) is 5.69 Å². The average Bonchev–Trinajstić information content (AvgIpc) is 2.48. The van der Waals surface area contributed by atoms with Crippen LogP contribution in [-0.2, 0) is 7.05 Å². The maximum Gasteiger partial charge on any atom is 0.368 e. The van der Waals surface area contributed by atoms with Crippen LogP contribution < -0.4 is 5.69 Å². The van der Waals surface area contributed by atoms with E-state index >= 15 is 0 Å². The predicted molar refractivity (Wildman–Crippen MR) is 54.3 cm³/mol. The third-order valence-corrected chi connectivity index (χ3v) is 2.27. The van der Waals surface area contributed by atoms with Gasteiger partial charge in [0.05, 0.1) is 5.69 Å². The minimum atomic E-state index is -0.261. The van der Waals surface area contributed by atoms with E-state index in [1.807, 2.05) is 12.1 Å². The number of benzene rings is 1. The molecule has 2 aromatic rings. The fraction of sp³-hybridized carbons (Fsp3) is 0.125. The zero-order chi connectivity index (χ0) is 10.1. The lowest BCUT2D eigenvalue weighted by Crippen LogP contribution is -2.21. The second-order valence-corrected chi connectivity index (χ2v) is 3.69. The summed E-state index contributed by atoms with van der Waals surface area (Å²) in [5.41, 5.74) is 0.431. The van der Waals surface area contributed by atoms with Crippen LogP contribution in [0.1, 0.15) is 0 Å². The molecule has 0 amide bonds. The summed E-state index contributed by atoms with van der Waals surface area (Å²) < 4.78 is 3.32. The Morgan fingerprint density at radius 1 is 1.36 bits per heavy atom. The molecule has 0 aliphatic rings. The van der Waals surface area contributed by atoms with Crippen LogP contribution in [0.15, 0.2) is 33.5 Å². The molecule has 0 saturated carbocycles. The van der Waals surface area contributed by atoms with E-state index in [1.165, 1.54) is 9.36 Å². The molecule has 1 heterocycles. The Balaban J connectivity index is 2.60. The third-order valence-electron chi connectivity index (χ3n) is 1.77. The van der Waals surface area contributed by atoms with Gasteiger partial charge in [0.2, 0.25) is 0 Å². The van der Waals surface area contributed by atoms with Gasteiger partial charge in [-0.1, -0.05) is 22.0 Å². The average molecular weight is 255 g/mol. The van der Waals surface area contributed by atoms with Crippen LogP contribution >= 0.6 is 15.9 Å². The standard InChI is InChI=1S/C8H7BrN4O/c1-12-8(14)13(11-10-12)7-4-2-3-6(9)5-7/h2-5H,1H3. The van der Waals surface area contributed by atoms with Crippen molar-refractivity contribution in [3.8, 4) is 5.69 Å². The summed E-state index contributed by atoms with van der Waals surface area (Å²) in [7, 11) is 1.56. The van der Waals surface area contributed by atoms with Gasteiger partial charge in [-0.05, 0) is 28.6 Å². The highest BCUT2D eigenvalue weighted by Crippen LogP contribution is 2.12. The van der Waals surface area contributed by atoms with Crippen molar-refractivity contribution in [2.75, 3.05) is 0 Å². The number of aromatic nitrogens is 4. The van der Waals surface area contributed by atoms with Crippen molar-refractivity contribution in [1.82, 2.24) is 19.8 Å². The molecule has 2 rings (SSSR count). The molecular formula is C8H7BrN4O. The molecule has 72 valence electrons. The highest BCUT2D eigenvalue weighted by Gasteiger charge is 2.05. The first-order chi connectivity index (χ1) is 6.68. The van der Waals surface area contributed by atoms with Gasteiger partial charge >= 0.3 is 5.69 Å². The van der Waals surface area contributed by atoms with Crippen molar-refractivity contribution in [3.63, 3.8) is 0 Å². The summed E-state index contributed by atoms with van der Waals surface area (Å²) in [6.45, 7) is 0. The number of hydrogen-bond donors (Lipinski definition) is 0. The van der Waals surface area contributed by atoms with E-state index in [0.717, 1.165) is 4.47 Å². The topological polar surface area (TPSA) is 52.7 Å². The van der Waals surface area contributed by atoms with E-state index in [-0.39, 0.29) is 5.69 Å². The summed E-state index contributed by atoms with van der Waals surface area (Å²) in [6, 6.07) is 7.31. The van der Waals surface area contributed by atoms with Gasteiger partial charge < -0.3 is 0 Å². The SMILES string of the molecule is Cn1nnn(-c2cccc(Br)c2)c1=O. The van der Waals surface area contributed by atoms with Crippen LogP contribution in [0.3, 0.4) is 0 Å². The first kappa shape index (κ1) is 9.14. The summed E-state index contributed by atoms with van der Waals surface area (Å²) in [5, 5.41) is 7.35. The minimum Gasteiger partial charge on any atom is -0.244 e. The Morgan fingerprint density at radius 2 is 2.14 bits per heavy atom. The molecule has 1 aromatic heterocycles. The molecule has 6 heteroatoms. The summed E-state index contributed by atoms with van der Waals surface area (Å²) >= 11 is 3.32. The number of aryl methyl sites for hydroxylation is 1. The first-order valence-corrected chi connectivity index (χ1v) is 4.73. The van der Waals surface area contributed by atoms with E-state index < -0.39 is 0 Å². The van der Waals surface area contributed by atoms with Gasteiger partial charge in [0.15, 0.2) is 0 Å². The molecule has 14 heavy (non-hydrogen) atoms. The van der Waals surface area contributed by atoms with E-state index in [2.05, 4.69) is 26.4 Å². The Morgan fingerprint density at radius 3 is 2.71 bits per heavy atom. The zero-order valence-corrected chi connectivity index (χ0v) is 8.97. The summed E-state index contributed by atoms with van der Waals surface area (Å²) in [6.07, 6.45) is 0. The van der Waals surface area contributed by atoms with Crippen molar-refractivity contribution in [3.05, 3.63) is 39.2 Å². The maximum atomic E-state index is 11.5. The Labute approximate surface area is 88.1 Å². The molecule has 0 bridgehead atoms. The monoisotopic (exact) mass is 254 g/mol. The molecule has 0 aliphatic heterocycles. The van der Waals surface area contributed by atoms with Crippen LogP contribution in [0, 0.1) is 0 Å². The molecule has 5 nitrogen and oxygen atoms in total. The van der Waals surface area contributed by atoms with E-state index in [1.54, 1.807) is 19.2 Å². The van der Waals surface area contributed by atoms with Crippen LogP contribution in [0.2, 0.25) is 0 Å². The lowest BCUT2D eigenvalue weighted by atomic mass is 10.3. The number of nitrogens with zero attached hydrogens (tertiary/aromatic N) is 4. The molecule has 0 N–H and O–H groups in total. The van der Waals surface area contributed by atoms with Gasteiger partial charge in [-0.15, -0.1) is 0 Å². The largest absolute Gasteiger partial charge is 0.368 e. The van der Waals surface area contributed by atoms with Crippen LogP contribution in [0.4, 0.5) is 0 Å². The third kappa shape index (κ3) is 1.48. The number of hydrogen-bond acceptors (Lipinski definition) is 3. The molecule has 0 aliphatic carbocycles. The Kier molecular flexibility index (Phi) is 2.20. The van der Waals surface area contributed by atoms with Crippen molar-refractivity contribution < 1.29 is 0 Å². The second kappa shape index (κ2) is 3.38. The van der Waals surface area contributed by atoms with Crippen LogP contribution in [0.5, 0.6) is 0 Å². The second-order valence-electron chi connectivity index (χ2n) is 2.78. The number of tetrazole rings is 1. The summed E-state index contributed by atoms with van der Waals surface area (Å²) in [4.78, 5) is 11.5. The molecule has 0 unspecified atom stereocenters. The van der Waals surface area contributed by atoms with Crippen LogP contribution in [-0.4, -0.2) is 19.8 Å². The van der Waals surface area contributed by atoms with E-state index in [0.29, 0.717) is 5.69 Å². The van der Waals surface area contributed by atoms with Gasteiger partial charge in [-0.25, -0.2) is 4.79 Å². The lowest BCUT2D eigenvalue weighted by Gasteiger charge is -1.97. The van der Waals surface area contributed by atoms with Gasteiger partial charge in [-0.2, -0.15) is 9.36 Å². The zero-order valence-electron chi connectivity index (χ0n) is 7.38. The maximum absolute atomic E-state index is 11.5. The fourth-order valence-corrected chi connectivity index (χ4v) is 1.47. The van der Waals surface area contributed by atoms with Crippen molar-refractivity contribution in [2.45, 2.75) is 0 Å². The number of halogens is 1. The molecule has 1 aromatic carbocycles. The molecule has 0 atom stereocenters. The molecular weight excluding hydrogens is 248 g/mol. The van der Waals surface area contributed by atoms with Crippen molar-refractivity contribution in [1.29, 1.82) is 0 Å². The highest BCUT2D eigenvalue weighted by atomic mass is 79.9. The van der Waals surface area contributed by atoms with E-state index in [9.17, 15) is 4.79 Å². The van der Waals surface area contributed by atoms with Crippen molar-refractivity contribution in [2.24, 2.45) is 7.05 Å². The van der Waals surface area contributed by atoms with Crippen molar-refractivity contribution >= 4 is 15.9 Å². The molecule has 0 radical (unpaired) electrons. The Hall–Kier alpha value is -1.43. The Bertz CT molecular complexity index is 516. The van der Waals surface area contributed by atoms with Gasteiger partial charge in [0, 0.05) is 11.5 Å². The molecule has 0 fully saturated rings. The smallest absolute Gasteiger partial charge is 0.244 e. The predicted octanol–water partition coefficient (Wildman–Crippen LogP) is 0.728. The lowest BCUT2D eigenvalue weighted by molar-refractivity contribution is 0.693. The van der Waals surface area contributed by atoms with Gasteiger partial charge in [0.1, 0.15) is 0 Å². The van der Waals surface area contributed by atoms with Gasteiger partial charge in [-0.3, -0.25) is 0 Å². The number of rotatable bonds is 1.